The van der Waals surface area contributed by atoms with Crippen molar-refractivity contribution in [3.63, 3.8) is 0 Å². The third-order valence-electron chi connectivity index (χ3n) is 2.45. The van der Waals surface area contributed by atoms with E-state index in [1.165, 1.54) is 12.8 Å². The van der Waals surface area contributed by atoms with Crippen molar-refractivity contribution in [2.75, 3.05) is 19.7 Å². The molecule has 1 aliphatic heterocycles. The fourth-order valence-corrected chi connectivity index (χ4v) is 1.89. The van der Waals surface area contributed by atoms with Gasteiger partial charge in [0.25, 0.3) is 0 Å². The molecule has 0 aromatic rings. The van der Waals surface area contributed by atoms with E-state index in [4.69, 9.17) is 17.3 Å². The fourth-order valence-electron chi connectivity index (χ4n) is 1.61. The summed E-state index contributed by atoms with van der Waals surface area (Å²) < 4.78 is 0. The number of hydrogen-bond acceptors (Lipinski definition) is 2. The van der Waals surface area contributed by atoms with Gasteiger partial charge in [-0.1, -0.05) is 24.4 Å². The van der Waals surface area contributed by atoms with Crippen LogP contribution in [0.25, 0.3) is 0 Å². The monoisotopic (exact) mass is 213 g/mol. The molecule has 0 aromatic heterocycles. The highest BCUT2D eigenvalue weighted by atomic mass is 32.1. The normalized spacial score (nSPS) is 16.8. The first-order chi connectivity index (χ1) is 6.84. The molecule has 0 spiro atoms. The lowest BCUT2D eigenvalue weighted by molar-refractivity contribution is 0.289. The van der Waals surface area contributed by atoms with Crippen molar-refractivity contribution in [1.29, 1.82) is 0 Å². The molecule has 0 atom stereocenters. The molecule has 80 valence electrons. The zero-order chi connectivity index (χ0) is 10.2. The maximum absolute atomic E-state index is 8.58. The van der Waals surface area contributed by atoms with Crippen LogP contribution in [0.4, 0.5) is 0 Å². The van der Waals surface area contributed by atoms with Gasteiger partial charge in [-0.05, 0) is 25.7 Å². The molecule has 0 unspecified atom stereocenters. The number of hydrogen-bond donors (Lipinski definition) is 1. The second-order valence-corrected chi connectivity index (χ2v) is 4.10. The van der Waals surface area contributed by atoms with Gasteiger partial charge < -0.3 is 10.0 Å². The van der Waals surface area contributed by atoms with Crippen molar-refractivity contribution in [3.05, 3.63) is 12.2 Å². The summed E-state index contributed by atoms with van der Waals surface area (Å²) in [4.78, 5) is 3.37. The van der Waals surface area contributed by atoms with Crippen LogP contribution in [-0.2, 0) is 0 Å². The molecule has 0 bridgehead atoms. The van der Waals surface area contributed by atoms with Gasteiger partial charge in [0, 0.05) is 26.1 Å². The lowest BCUT2D eigenvalue weighted by atomic mass is 10.2. The number of rotatable bonds is 5. The Morgan fingerprint density at radius 2 is 2.00 bits per heavy atom. The summed E-state index contributed by atoms with van der Waals surface area (Å²) in [7, 11) is 0. The van der Waals surface area contributed by atoms with Crippen LogP contribution < -0.4 is 0 Å². The molecule has 3 heteroatoms. The average molecular weight is 213 g/mol. The summed E-state index contributed by atoms with van der Waals surface area (Å²) in [6.07, 6.45) is 9.50. The van der Waals surface area contributed by atoms with E-state index in [1.807, 2.05) is 0 Å². The Bertz CT molecular complexity index is 197. The Morgan fingerprint density at radius 3 is 2.64 bits per heavy atom. The molecule has 1 fully saturated rings. The van der Waals surface area contributed by atoms with Gasteiger partial charge in [0.1, 0.15) is 0 Å². The highest BCUT2D eigenvalue weighted by Crippen LogP contribution is 2.10. The van der Waals surface area contributed by atoms with Crippen molar-refractivity contribution < 1.29 is 5.11 Å². The van der Waals surface area contributed by atoms with Crippen LogP contribution in [0.5, 0.6) is 0 Å². The van der Waals surface area contributed by atoms with Crippen molar-refractivity contribution in [1.82, 2.24) is 4.90 Å². The molecular formula is C11H19NOS. The molecule has 0 aromatic carbocycles. The molecule has 1 rings (SSSR count). The number of thiocarbonyl (C=S) groups is 1. The van der Waals surface area contributed by atoms with Crippen LogP contribution >= 0.6 is 12.2 Å². The highest BCUT2D eigenvalue weighted by Gasteiger charge is 2.12. The van der Waals surface area contributed by atoms with E-state index >= 15 is 0 Å². The Kier molecular flexibility index (Phi) is 5.80. The number of likely N-dealkylation sites (tertiary alicyclic amines) is 1. The molecule has 1 heterocycles. The minimum atomic E-state index is 0.279. The second kappa shape index (κ2) is 6.96. The number of allylic oxidation sites excluding steroid dienone is 1. The van der Waals surface area contributed by atoms with E-state index in [0.29, 0.717) is 0 Å². The van der Waals surface area contributed by atoms with Crippen LogP contribution in [0.15, 0.2) is 12.2 Å². The van der Waals surface area contributed by atoms with Crippen molar-refractivity contribution >= 4 is 17.2 Å². The van der Waals surface area contributed by atoms with E-state index in [0.717, 1.165) is 37.3 Å². The van der Waals surface area contributed by atoms with E-state index in [9.17, 15) is 0 Å². The van der Waals surface area contributed by atoms with Crippen LogP contribution in [-0.4, -0.2) is 34.7 Å². The predicted octanol–water partition coefficient (Wildman–Crippen LogP) is 2.13. The minimum Gasteiger partial charge on any atom is -0.396 e. The lowest BCUT2D eigenvalue weighted by Gasteiger charge is -2.16. The SMILES string of the molecule is OCCC/C=C\CC(=S)N1CCCC1. The number of aliphatic hydroxyl groups is 1. The van der Waals surface area contributed by atoms with E-state index in [1.54, 1.807) is 0 Å². The van der Waals surface area contributed by atoms with Crippen LogP contribution in [0.1, 0.15) is 32.1 Å². The Hall–Kier alpha value is -0.410. The largest absolute Gasteiger partial charge is 0.396 e. The van der Waals surface area contributed by atoms with Crippen molar-refractivity contribution in [3.8, 4) is 0 Å². The summed E-state index contributed by atoms with van der Waals surface area (Å²) >= 11 is 5.32. The number of unbranched alkanes of at least 4 members (excludes halogenated alkanes) is 1. The third-order valence-corrected chi connectivity index (χ3v) is 2.87. The maximum Gasteiger partial charge on any atom is 0.0817 e. The quantitative estimate of drug-likeness (QED) is 0.430. The van der Waals surface area contributed by atoms with E-state index < -0.39 is 0 Å². The average Bonchev–Trinajstić information content (AvgIpc) is 2.70. The molecule has 0 radical (unpaired) electrons. The zero-order valence-corrected chi connectivity index (χ0v) is 9.43. The summed E-state index contributed by atoms with van der Waals surface area (Å²) in [6.45, 7) is 2.56. The van der Waals surface area contributed by atoms with Crippen molar-refractivity contribution in [2.45, 2.75) is 32.1 Å². The van der Waals surface area contributed by atoms with Gasteiger partial charge in [0.2, 0.25) is 0 Å². The standard InChI is InChI=1S/C11H19NOS/c13-10-6-2-1-3-7-11(14)12-8-4-5-9-12/h1,3,13H,2,4-10H2/b3-1-. The lowest BCUT2D eigenvalue weighted by Crippen LogP contribution is -2.25. The summed E-state index contributed by atoms with van der Waals surface area (Å²) in [5, 5.41) is 8.58. The number of aliphatic hydroxyl groups excluding tert-OH is 1. The molecular weight excluding hydrogens is 194 g/mol. The van der Waals surface area contributed by atoms with Crippen molar-refractivity contribution in [2.24, 2.45) is 0 Å². The molecule has 1 N–H and O–H groups in total. The summed E-state index contributed by atoms with van der Waals surface area (Å²) in [5.74, 6) is 0. The van der Waals surface area contributed by atoms with E-state index in [-0.39, 0.29) is 6.61 Å². The van der Waals surface area contributed by atoms with Gasteiger partial charge in [0.05, 0.1) is 4.99 Å². The van der Waals surface area contributed by atoms with Gasteiger partial charge in [0.15, 0.2) is 0 Å². The Morgan fingerprint density at radius 1 is 1.29 bits per heavy atom. The molecule has 0 saturated carbocycles. The third kappa shape index (κ3) is 4.20. The van der Waals surface area contributed by atoms with Gasteiger partial charge in [-0.15, -0.1) is 0 Å². The Labute approximate surface area is 91.6 Å². The minimum absolute atomic E-state index is 0.279. The van der Waals surface area contributed by atoms with Crippen LogP contribution in [0.3, 0.4) is 0 Å². The molecule has 0 aliphatic carbocycles. The van der Waals surface area contributed by atoms with Crippen LogP contribution in [0, 0.1) is 0 Å². The van der Waals surface area contributed by atoms with Gasteiger partial charge in [-0.2, -0.15) is 0 Å². The second-order valence-electron chi connectivity index (χ2n) is 3.63. The maximum atomic E-state index is 8.58. The topological polar surface area (TPSA) is 23.5 Å². The smallest absolute Gasteiger partial charge is 0.0817 e. The van der Waals surface area contributed by atoms with E-state index in [2.05, 4.69) is 17.1 Å². The molecule has 2 nitrogen and oxygen atoms in total. The zero-order valence-electron chi connectivity index (χ0n) is 8.61. The van der Waals surface area contributed by atoms with Crippen LogP contribution in [0.2, 0.25) is 0 Å². The first kappa shape index (κ1) is 11.7. The Balaban J connectivity index is 2.10. The van der Waals surface area contributed by atoms with Gasteiger partial charge in [-0.3, -0.25) is 0 Å². The molecule has 14 heavy (non-hydrogen) atoms. The summed E-state index contributed by atoms with van der Waals surface area (Å²) in [5.41, 5.74) is 0. The van der Waals surface area contributed by atoms with Gasteiger partial charge in [-0.25, -0.2) is 0 Å². The number of nitrogens with zero attached hydrogens (tertiary/aromatic N) is 1. The summed E-state index contributed by atoms with van der Waals surface area (Å²) in [6, 6.07) is 0. The molecule has 1 saturated heterocycles. The predicted molar refractivity (Wildman–Crippen MR) is 63.5 cm³/mol. The highest BCUT2D eigenvalue weighted by molar-refractivity contribution is 7.80. The fraction of sp³-hybridized carbons (Fsp3) is 0.727. The first-order valence-corrected chi connectivity index (χ1v) is 5.79. The molecule has 0 amide bonds. The molecule has 1 aliphatic rings. The first-order valence-electron chi connectivity index (χ1n) is 5.38. The van der Waals surface area contributed by atoms with Gasteiger partial charge >= 0.3 is 0 Å².